The van der Waals surface area contributed by atoms with E-state index < -0.39 is 0 Å². The Balaban J connectivity index is 2.73. The molecule has 5 heteroatoms. The van der Waals surface area contributed by atoms with Crippen LogP contribution in [0.15, 0.2) is 18.2 Å². The molecule has 2 N–H and O–H groups in total. The number of nitriles is 1. The molecule has 0 aliphatic heterocycles. The van der Waals surface area contributed by atoms with Gasteiger partial charge in [-0.3, -0.25) is 0 Å². The standard InChI is InChI=1S/C11H12ClN3S/c1-7(2)14-11(16)15-9-4-3-8(6-13)10(12)5-9/h3-5,7H,1-2H3,(H2,14,15,16). The van der Waals surface area contributed by atoms with Crippen LogP contribution in [0.25, 0.3) is 0 Å². The first-order chi connectivity index (χ1) is 7.52. The summed E-state index contributed by atoms with van der Waals surface area (Å²) in [6, 6.07) is 7.36. The third-order valence-corrected chi connectivity index (χ3v) is 2.30. The molecule has 0 radical (unpaired) electrons. The smallest absolute Gasteiger partial charge is 0.170 e. The highest BCUT2D eigenvalue weighted by Crippen LogP contribution is 2.19. The summed E-state index contributed by atoms with van der Waals surface area (Å²) in [6.45, 7) is 4.00. The van der Waals surface area contributed by atoms with Crippen molar-refractivity contribution in [2.45, 2.75) is 19.9 Å². The first kappa shape index (κ1) is 12.8. The van der Waals surface area contributed by atoms with E-state index in [-0.39, 0.29) is 6.04 Å². The maximum absolute atomic E-state index is 8.72. The van der Waals surface area contributed by atoms with E-state index in [2.05, 4.69) is 10.6 Å². The molecule has 0 aliphatic rings. The van der Waals surface area contributed by atoms with Gasteiger partial charge in [0.25, 0.3) is 0 Å². The molecular formula is C11H12ClN3S. The molecule has 1 rings (SSSR count). The lowest BCUT2D eigenvalue weighted by atomic mass is 10.2. The van der Waals surface area contributed by atoms with Gasteiger partial charge < -0.3 is 10.6 Å². The van der Waals surface area contributed by atoms with Crippen molar-refractivity contribution in [1.29, 1.82) is 5.26 Å². The number of anilines is 1. The van der Waals surface area contributed by atoms with E-state index in [1.807, 2.05) is 19.9 Å². The third-order valence-electron chi connectivity index (χ3n) is 1.77. The van der Waals surface area contributed by atoms with Crippen molar-refractivity contribution < 1.29 is 0 Å². The summed E-state index contributed by atoms with van der Waals surface area (Å²) >= 11 is 11.0. The second-order valence-electron chi connectivity index (χ2n) is 3.56. The van der Waals surface area contributed by atoms with E-state index in [0.29, 0.717) is 15.7 Å². The van der Waals surface area contributed by atoms with Crippen molar-refractivity contribution in [1.82, 2.24) is 5.32 Å². The topological polar surface area (TPSA) is 47.8 Å². The second-order valence-corrected chi connectivity index (χ2v) is 4.38. The van der Waals surface area contributed by atoms with Crippen LogP contribution in [0, 0.1) is 11.3 Å². The van der Waals surface area contributed by atoms with Gasteiger partial charge in [-0.05, 0) is 44.3 Å². The Morgan fingerprint density at radius 1 is 1.50 bits per heavy atom. The van der Waals surface area contributed by atoms with Crippen molar-refractivity contribution in [2.24, 2.45) is 0 Å². The summed E-state index contributed by atoms with van der Waals surface area (Å²) in [5.74, 6) is 0. The van der Waals surface area contributed by atoms with E-state index in [4.69, 9.17) is 29.1 Å². The van der Waals surface area contributed by atoms with Gasteiger partial charge in [-0.15, -0.1) is 0 Å². The Hall–Kier alpha value is -1.31. The Bertz CT molecular complexity index is 437. The molecule has 0 heterocycles. The fraction of sp³-hybridized carbons (Fsp3) is 0.273. The van der Waals surface area contributed by atoms with Crippen molar-refractivity contribution in [2.75, 3.05) is 5.32 Å². The Morgan fingerprint density at radius 2 is 2.19 bits per heavy atom. The molecule has 16 heavy (non-hydrogen) atoms. The van der Waals surface area contributed by atoms with Crippen molar-refractivity contribution >= 4 is 34.6 Å². The molecule has 0 aromatic heterocycles. The van der Waals surface area contributed by atoms with Gasteiger partial charge in [-0.1, -0.05) is 11.6 Å². The van der Waals surface area contributed by atoms with Crippen LogP contribution in [-0.4, -0.2) is 11.2 Å². The third kappa shape index (κ3) is 3.69. The van der Waals surface area contributed by atoms with Crippen LogP contribution in [0.1, 0.15) is 19.4 Å². The molecule has 0 saturated heterocycles. The molecule has 1 aromatic rings. The van der Waals surface area contributed by atoms with Gasteiger partial charge in [0.15, 0.2) is 5.11 Å². The molecule has 0 amide bonds. The summed E-state index contributed by atoms with van der Waals surface area (Å²) in [4.78, 5) is 0. The summed E-state index contributed by atoms with van der Waals surface area (Å²) in [5, 5.41) is 15.7. The fourth-order valence-electron chi connectivity index (χ4n) is 1.11. The van der Waals surface area contributed by atoms with Crippen LogP contribution in [0.2, 0.25) is 5.02 Å². The van der Waals surface area contributed by atoms with Gasteiger partial charge >= 0.3 is 0 Å². The van der Waals surface area contributed by atoms with Gasteiger partial charge in [-0.2, -0.15) is 5.26 Å². The lowest BCUT2D eigenvalue weighted by Gasteiger charge is -2.13. The van der Waals surface area contributed by atoms with Crippen LogP contribution in [0.4, 0.5) is 5.69 Å². The number of halogens is 1. The monoisotopic (exact) mass is 253 g/mol. The van der Waals surface area contributed by atoms with Gasteiger partial charge in [-0.25, -0.2) is 0 Å². The van der Waals surface area contributed by atoms with Gasteiger partial charge in [0.05, 0.1) is 10.6 Å². The lowest BCUT2D eigenvalue weighted by molar-refractivity contribution is 0.739. The summed E-state index contributed by atoms with van der Waals surface area (Å²) in [6.07, 6.45) is 0. The van der Waals surface area contributed by atoms with Crippen molar-refractivity contribution in [3.63, 3.8) is 0 Å². The predicted molar refractivity (Wildman–Crippen MR) is 70.7 cm³/mol. The minimum absolute atomic E-state index is 0.272. The highest BCUT2D eigenvalue weighted by atomic mass is 35.5. The maximum atomic E-state index is 8.72. The Labute approximate surface area is 105 Å². The number of nitrogens with one attached hydrogen (secondary N) is 2. The SMILES string of the molecule is CC(C)NC(=S)Nc1ccc(C#N)c(Cl)c1. The van der Waals surface area contributed by atoms with Crippen molar-refractivity contribution in [3.8, 4) is 6.07 Å². The summed E-state index contributed by atoms with van der Waals surface area (Å²) in [7, 11) is 0. The van der Waals surface area contributed by atoms with Crippen molar-refractivity contribution in [3.05, 3.63) is 28.8 Å². The van der Waals surface area contributed by atoms with Gasteiger partial charge in [0.1, 0.15) is 6.07 Å². The number of hydrogen-bond donors (Lipinski definition) is 2. The largest absolute Gasteiger partial charge is 0.360 e. The Morgan fingerprint density at radius 3 is 2.69 bits per heavy atom. The van der Waals surface area contributed by atoms with E-state index in [1.54, 1.807) is 18.2 Å². The number of rotatable bonds is 2. The average Bonchev–Trinajstić information content (AvgIpc) is 2.16. The zero-order valence-corrected chi connectivity index (χ0v) is 10.6. The molecule has 0 saturated carbocycles. The minimum Gasteiger partial charge on any atom is -0.360 e. The number of hydrogen-bond acceptors (Lipinski definition) is 2. The molecule has 0 unspecified atom stereocenters. The molecule has 0 fully saturated rings. The predicted octanol–water partition coefficient (Wildman–Crippen LogP) is 2.91. The number of nitrogens with zero attached hydrogens (tertiary/aromatic N) is 1. The highest BCUT2D eigenvalue weighted by Gasteiger charge is 2.03. The molecule has 0 aliphatic carbocycles. The van der Waals surface area contributed by atoms with E-state index in [9.17, 15) is 0 Å². The van der Waals surface area contributed by atoms with Crippen LogP contribution in [-0.2, 0) is 0 Å². The minimum atomic E-state index is 0.272. The Kier molecular flexibility index (Phi) is 4.53. The fourth-order valence-corrected chi connectivity index (χ4v) is 1.69. The van der Waals surface area contributed by atoms with E-state index in [1.165, 1.54) is 0 Å². The number of thiocarbonyl (C=S) groups is 1. The molecule has 3 nitrogen and oxygen atoms in total. The first-order valence-electron chi connectivity index (χ1n) is 4.80. The molecular weight excluding hydrogens is 242 g/mol. The zero-order chi connectivity index (χ0) is 12.1. The summed E-state index contributed by atoms with van der Waals surface area (Å²) in [5.41, 5.74) is 1.22. The molecule has 0 spiro atoms. The number of benzene rings is 1. The van der Waals surface area contributed by atoms with Crippen LogP contribution in [0.3, 0.4) is 0 Å². The van der Waals surface area contributed by atoms with Gasteiger partial charge in [0.2, 0.25) is 0 Å². The van der Waals surface area contributed by atoms with Crippen LogP contribution < -0.4 is 10.6 Å². The molecule has 0 atom stereocenters. The molecule has 84 valence electrons. The molecule has 0 bridgehead atoms. The highest BCUT2D eigenvalue weighted by molar-refractivity contribution is 7.80. The second kappa shape index (κ2) is 5.69. The zero-order valence-electron chi connectivity index (χ0n) is 9.04. The first-order valence-corrected chi connectivity index (χ1v) is 5.58. The summed E-state index contributed by atoms with van der Waals surface area (Å²) < 4.78 is 0. The average molecular weight is 254 g/mol. The van der Waals surface area contributed by atoms with Crippen LogP contribution in [0.5, 0.6) is 0 Å². The van der Waals surface area contributed by atoms with Crippen LogP contribution >= 0.6 is 23.8 Å². The molecule has 1 aromatic carbocycles. The van der Waals surface area contributed by atoms with E-state index >= 15 is 0 Å². The van der Waals surface area contributed by atoms with Gasteiger partial charge in [0, 0.05) is 11.7 Å². The normalized spacial score (nSPS) is 9.69. The lowest BCUT2D eigenvalue weighted by Crippen LogP contribution is -2.33. The maximum Gasteiger partial charge on any atom is 0.170 e. The quantitative estimate of drug-likeness (QED) is 0.796. The van der Waals surface area contributed by atoms with E-state index in [0.717, 1.165) is 5.69 Å².